The first kappa shape index (κ1) is 32.7. The van der Waals surface area contributed by atoms with Gasteiger partial charge in [0.15, 0.2) is 0 Å². The Kier molecular flexibility index (Phi) is 8.73. The van der Waals surface area contributed by atoms with Crippen LogP contribution in [0.5, 0.6) is 0 Å². The van der Waals surface area contributed by atoms with Crippen LogP contribution in [0.25, 0.3) is 11.1 Å². The maximum absolute atomic E-state index is 14.0. The van der Waals surface area contributed by atoms with E-state index in [9.17, 15) is 45.4 Å². The van der Waals surface area contributed by atoms with E-state index in [0.717, 1.165) is 4.90 Å². The Morgan fingerprint density at radius 3 is 1.93 bits per heavy atom. The summed E-state index contributed by atoms with van der Waals surface area (Å²) in [5.74, 6) is -1.43. The molecule has 1 saturated heterocycles. The lowest BCUT2D eigenvalue weighted by atomic mass is 9.81. The van der Waals surface area contributed by atoms with Crippen LogP contribution in [0.3, 0.4) is 0 Å². The normalized spacial score (nSPS) is 14.9. The second-order valence-electron chi connectivity index (χ2n) is 11.4. The number of carbonyl (C=O) groups is 2. The predicted molar refractivity (Wildman–Crippen MR) is 149 cm³/mol. The molecule has 2 heterocycles. The molecule has 1 aliphatic rings. The van der Waals surface area contributed by atoms with Gasteiger partial charge in [-0.1, -0.05) is 6.07 Å². The smallest absolute Gasteiger partial charge is 0.416 e. The monoisotopic (exact) mass is 625 g/mol. The number of likely N-dealkylation sites (tertiary alicyclic amines) is 1. The van der Waals surface area contributed by atoms with Gasteiger partial charge >= 0.3 is 18.4 Å². The number of amides is 2. The molecule has 2 amide bonds. The highest BCUT2D eigenvalue weighted by Gasteiger charge is 2.41. The van der Waals surface area contributed by atoms with Crippen molar-refractivity contribution in [3.63, 3.8) is 0 Å². The number of hydrogen-bond acceptors (Lipinski definition) is 3. The Bertz CT molecular complexity index is 1540. The van der Waals surface area contributed by atoms with E-state index in [2.05, 4.69) is 4.98 Å². The fraction of sp³-hybridized carbons (Fsp3) is 0.387. The molecular weight excluding hydrogens is 595 g/mol. The molecule has 1 N–H and O–H groups in total. The summed E-state index contributed by atoms with van der Waals surface area (Å²) in [6, 6.07) is 6.81. The van der Waals surface area contributed by atoms with E-state index in [0.29, 0.717) is 47.4 Å². The average molecular weight is 626 g/mol. The number of nitrogens with zero attached hydrogens (tertiary/aromatic N) is 3. The summed E-state index contributed by atoms with van der Waals surface area (Å²) in [6.07, 6.45) is -8.85. The molecular formula is C31H30F7N3O3. The van der Waals surface area contributed by atoms with Gasteiger partial charge in [-0.05, 0) is 86.7 Å². The Labute approximate surface area is 249 Å². The maximum atomic E-state index is 14.0. The number of likely N-dealkylation sites (N-methyl/N-ethyl adjacent to an activating group) is 1. The number of aryl methyl sites for hydroxylation is 1. The number of hydrogen-bond donors (Lipinski definition) is 1. The first-order valence-corrected chi connectivity index (χ1v) is 13.6. The third-order valence-corrected chi connectivity index (χ3v) is 8.08. The number of rotatable bonds is 5. The van der Waals surface area contributed by atoms with Crippen LogP contribution < -0.4 is 4.90 Å². The zero-order chi connectivity index (χ0) is 32.8. The molecule has 0 radical (unpaired) electrons. The average Bonchev–Trinajstić information content (AvgIpc) is 2.95. The van der Waals surface area contributed by atoms with Crippen molar-refractivity contribution in [3.8, 4) is 11.1 Å². The third-order valence-electron chi connectivity index (χ3n) is 8.08. The molecule has 0 unspecified atom stereocenters. The van der Waals surface area contributed by atoms with E-state index in [-0.39, 0.29) is 30.8 Å². The van der Waals surface area contributed by atoms with E-state index < -0.39 is 52.3 Å². The fourth-order valence-electron chi connectivity index (χ4n) is 5.43. The van der Waals surface area contributed by atoms with Gasteiger partial charge in [0.1, 0.15) is 5.82 Å². The van der Waals surface area contributed by atoms with Crippen molar-refractivity contribution in [2.75, 3.05) is 25.0 Å². The summed E-state index contributed by atoms with van der Waals surface area (Å²) < 4.78 is 95.5. The van der Waals surface area contributed by atoms with Crippen LogP contribution in [0.15, 0.2) is 48.7 Å². The van der Waals surface area contributed by atoms with Crippen molar-refractivity contribution >= 4 is 17.7 Å². The molecule has 0 bridgehead atoms. The highest BCUT2D eigenvalue weighted by Crippen LogP contribution is 2.41. The Morgan fingerprint density at radius 1 is 0.886 bits per heavy atom. The summed E-state index contributed by atoms with van der Waals surface area (Å²) in [6.45, 7) is 4.71. The van der Waals surface area contributed by atoms with Gasteiger partial charge in [0, 0.05) is 37.3 Å². The second-order valence-corrected chi connectivity index (χ2v) is 11.4. The molecule has 6 nitrogen and oxygen atoms in total. The molecule has 1 fully saturated rings. The van der Waals surface area contributed by atoms with Crippen molar-refractivity contribution in [1.29, 1.82) is 0 Å². The molecule has 0 saturated carbocycles. The topological polar surface area (TPSA) is 73.7 Å². The highest BCUT2D eigenvalue weighted by atomic mass is 19.4. The molecule has 0 atom stereocenters. The SMILES string of the molecule is Cc1cc(F)ccc1-c1cc(C2CCN(C(=O)O)CC2)ncc1N(C)C(=O)C(C)(C)c1cc(C(F)(F)F)cc(C(F)(F)F)c1. The number of carboxylic acid groups (broad SMARTS) is 1. The Hall–Kier alpha value is -4.16. The molecule has 1 aromatic heterocycles. The number of halogens is 7. The number of carbonyl (C=O) groups excluding carboxylic acids is 1. The lowest BCUT2D eigenvalue weighted by molar-refractivity contribution is -0.143. The molecule has 44 heavy (non-hydrogen) atoms. The van der Waals surface area contributed by atoms with Gasteiger partial charge in [-0.15, -0.1) is 0 Å². The van der Waals surface area contributed by atoms with Crippen LogP contribution in [0.2, 0.25) is 0 Å². The van der Waals surface area contributed by atoms with Crippen molar-refractivity contribution in [2.24, 2.45) is 0 Å². The first-order chi connectivity index (χ1) is 20.3. The summed E-state index contributed by atoms with van der Waals surface area (Å²) in [4.78, 5) is 32.2. The molecule has 0 aliphatic carbocycles. The van der Waals surface area contributed by atoms with Crippen LogP contribution in [0.1, 0.15) is 60.6 Å². The van der Waals surface area contributed by atoms with Gasteiger partial charge in [-0.2, -0.15) is 26.3 Å². The molecule has 1 aliphatic heterocycles. The Morgan fingerprint density at radius 2 is 1.43 bits per heavy atom. The van der Waals surface area contributed by atoms with E-state index >= 15 is 0 Å². The van der Waals surface area contributed by atoms with Crippen LogP contribution in [-0.4, -0.2) is 47.1 Å². The van der Waals surface area contributed by atoms with Crippen LogP contribution in [-0.2, 0) is 22.6 Å². The summed E-state index contributed by atoms with van der Waals surface area (Å²) >= 11 is 0. The van der Waals surface area contributed by atoms with Gasteiger partial charge in [-0.25, -0.2) is 9.18 Å². The zero-order valence-corrected chi connectivity index (χ0v) is 24.3. The molecule has 236 valence electrons. The minimum Gasteiger partial charge on any atom is -0.465 e. The minimum absolute atomic E-state index is 0.00672. The van der Waals surface area contributed by atoms with E-state index in [4.69, 9.17) is 0 Å². The van der Waals surface area contributed by atoms with Crippen molar-refractivity contribution in [1.82, 2.24) is 9.88 Å². The second kappa shape index (κ2) is 11.7. The number of benzene rings is 2. The molecule has 3 aromatic rings. The first-order valence-electron chi connectivity index (χ1n) is 13.6. The number of alkyl halides is 6. The van der Waals surface area contributed by atoms with Gasteiger partial charge < -0.3 is 14.9 Å². The third kappa shape index (κ3) is 6.66. The highest BCUT2D eigenvalue weighted by molar-refractivity contribution is 6.03. The lowest BCUT2D eigenvalue weighted by Crippen LogP contribution is -2.42. The number of pyridine rings is 1. The van der Waals surface area contributed by atoms with E-state index in [1.54, 1.807) is 13.0 Å². The van der Waals surface area contributed by atoms with Gasteiger partial charge in [0.2, 0.25) is 5.91 Å². The van der Waals surface area contributed by atoms with Crippen molar-refractivity contribution < 1.29 is 45.4 Å². The van der Waals surface area contributed by atoms with E-state index in [1.165, 1.54) is 50.2 Å². The molecule has 0 spiro atoms. The number of piperidine rings is 1. The predicted octanol–water partition coefficient (Wildman–Crippen LogP) is 8.03. The van der Waals surface area contributed by atoms with E-state index in [1.807, 2.05) is 0 Å². The molecule has 2 aromatic carbocycles. The summed E-state index contributed by atoms with van der Waals surface area (Å²) in [5.41, 5.74) is -3.11. The quantitative estimate of drug-likeness (QED) is 0.292. The van der Waals surface area contributed by atoms with Crippen LogP contribution in [0.4, 0.5) is 41.2 Å². The van der Waals surface area contributed by atoms with Gasteiger partial charge in [0.25, 0.3) is 0 Å². The van der Waals surface area contributed by atoms with Crippen LogP contribution >= 0.6 is 0 Å². The minimum atomic E-state index is -5.09. The molecule has 13 heteroatoms. The fourth-order valence-corrected chi connectivity index (χ4v) is 5.43. The number of anilines is 1. The van der Waals surface area contributed by atoms with Crippen molar-refractivity contribution in [2.45, 2.75) is 57.3 Å². The maximum Gasteiger partial charge on any atom is 0.416 e. The standard InChI is InChI=1S/C31H30F7N3O3/c1-17-11-22(32)5-6-23(17)24-15-25(18-7-9-41(10-8-18)28(43)44)39-16-26(24)40(4)27(42)29(2,3)19-12-20(30(33,34)35)14-21(13-19)31(36,37)38/h5-6,11-16,18H,7-10H2,1-4H3,(H,43,44). The Balaban J connectivity index is 1.79. The van der Waals surface area contributed by atoms with Crippen molar-refractivity contribution in [3.05, 3.63) is 82.4 Å². The lowest BCUT2D eigenvalue weighted by Gasteiger charge is -2.33. The zero-order valence-electron chi connectivity index (χ0n) is 24.3. The van der Waals surface area contributed by atoms with Crippen LogP contribution in [0, 0.1) is 12.7 Å². The largest absolute Gasteiger partial charge is 0.465 e. The van der Waals surface area contributed by atoms with Gasteiger partial charge in [-0.3, -0.25) is 9.78 Å². The number of aromatic nitrogens is 1. The summed E-state index contributed by atoms with van der Waals surface area (Å²) in [5, 5.41) is 9.28. The van der Waals surface area contributed by atoms with Gasteiger partial charge in [0.05, 0.1) is 28.4 Å². The summed E-state index contributed by atoms with van der Waals surface area (Å²) in [7, 11) is 1.34. The molecule has 4 rings (SSSR count).